The molecule has 0 saturated heterocycles. The van der Waals surface area contributed by atoms with E-state index >= 15 is 0 Å². The first kappa shape index (κ1) is 28.0. The minimum atomic E-state index is -4.36. The number of aliphatic hydroxyl groups is 1. The summed E-state index contributed by atoms with van der Waals surface area (Å²) in [5, 5.41) is 12.3. The molecule has 0 saturated carbocycles. The third-order valence-electron chi connectivity index (χ3n) is 4.04. The lowest BCUT2D eigenvalue weighted by molar-refractivity contribution is -0.147. The van der Waals surface area contributed by atoms with Gasteiger partial charge >= 0.3 is 13.8 Å². The van der Waals surface area contributed by atoms with Gasteiger partial charge in [-0.25, -0.2) is 4.57 Å². The minimum Gasteiger partial charge on any atom is -0.463 e. The highest BCUT2D eigenvalue weighted by atomic mass is 31.2. The van der Waals surface area contributed by atoms with Crippen LogP contribution in [-0.2, 0) is 27.9 Å². The van der Waals surface area contributed by atoms with Gasteiger partial charge in [0, 0.05) is 19.4 Å². The van der Waals surface area contributed by atoms with E-state index in [9.17, 15) is 24.2 Å². The Bertz CT molecular complexity index is 489. The van der Waals surface area contributed by atoms with E-state index in [0.717, 1.165) is 51.4 Å². The molecule has 10 heteroatoms. The number of phosphoric ester groups is 1. The highest BCUT2D eigenvalue weighted by molar-refractivity contribution is 7.47. The number of carbonyl (C=O) groups is 2. The van der Waals surface area contributed by atoms with Gasteiger partial charge in [-0.15, -0.1) is 0 Å². The van der Waals surface area contributed by atoms with Gasteiger partial charge in [0.2, 0.25) is 5.91 Å². The van der Waals surface area contributed by atoms with Crippen molar-refractivity contribution in [3.8, 4) is 0 Å². The molecule has 0 heterocycles. The Morgan fingerprint density at radius 1 is 0.931 bits per heavy atom. The summed E-state index contributed by atoms with van der Waals surface area (Å²) in [6.07, 6.45) is 7.33. The van der Waals surface area contributed by atoms with Gasteiger partial charge in [0.15, 0.2) is 0 Å². The summed E-state index contributed by atoms with van der Waals surface area (Å²) in [5.74, 6) is -0.558. The molecule has 0 bridgehead atoms. The lowest BCUT2D eigenvalue weighted by Crippen LogP contribution is -2.27. The molecule has 3 N–H and O–H groups in total. The van der Waals surface area contributed by atoms with Crippen molar-refractivity contribution in [3.63, 3.8) is 0 Å². The van der Waals surface area contributed by atoms with E-state index in [-0.39, 0.29) is 32.1 Å². The molecule has 0 aliphatic heterocycles. The molecule has 29 heavy (non-hydrogen) atoms. The molecule has 0 aliphatic carbocycles. The van der Waals surface area contributed by atoms with Crippen LogP contribution < -0.4 is 5.32 Å². The molecule has 0 aromatic heterocycles. The maximum absolute atomic E-state index is 11.7. The number of ether oxygens (including phenoxy) is 1. The molecule has 0 aromatic rings. The molecule has 0 spiro atoms. The number of hydrogen-bond acceptors (Lipinski definition) is 7. The van der Waals surface area contributed by atoms with Gasteiger partial charge in [-0.3, -0.25) is 18.6 Å². The van der Waals surface area contributed by atoms with Crippen LogP contribution in [0, 0.1) is 0 Å². The van der Waals surface area contributed by atoms with E-state index in [0.29, 0.717) is 6.42 Å². The number of amides is 1. The van der Waals surface area contributed by atoms with E-state index in [1.54, 1.807) is 0 Å². The topological polar surface area (TPSA) is 131 Å². The first-order valence-electron chi connectivity index (χ1n) is 10.5. The molecule has 0 fully saturated rings. The fourth-order valence-corrected chi connectivity index (χ4v) is 3.13. The van der Waals surface area contributed by atoms with E-state index < -0.39 is 26.5 Å². The van der Waals surface area contributed by atoms with Crippen LogP contribution in [0.15, 0.2) is 0 Å². The predicted octanol–water partition coefficient (Wildman–Crippen LogP) is 3.08. The number of phosphoric acid groups is 1. The predicted molar refractivity (Wildman–Crippen MR) is 109 cm³/mol. The van der Waals surface area contributed by atoms with Crippen LogP contribution in [0.3, 0.4) is 0 Å². The molecule has 0 aliphatic rings. The van der Waals surface area contributed by atoms with Gasteiger partial charge in [-0.2, -0.15) is 0 Å². The number of carbonyl (C=O) groups excluding carboxylic acids is 2. The van der Waals surface area contributed by atoms with Crippen molar-refractivity contribution in [2.75, 3.05) is 26.4 Å². The third kappa shape index (κ3) is 18.8. The van der Waals surface area contributed by atoms with Gasteiger partial charge in [0.25, 0.3) is 0 Å². The number of hydrogen-bond donors (Lipinski definition) is 3. The molecule has 9 nitrogen and oxygen atoms in total. The number of nitrogens with one attached hydrogen (secondary N) is 1. The van der Waals surface area contributed by atoms with Crippen LogP contribution >= 0.6 is 7.82 Å². The number of esters is 1. The summed E-state index contributed by atoms with van der Waals surface area (Å²) in [6.45, 7) is 3.20. The Hall–Kier alpha value is -0.990. The van der Waals surface area contributed by atoms with Crippen LogP contribution in [-0.4, -0.2) is 54.3 Å². The van der Waals surface area contributed by atoms with Crippen LogP contribution in [0.25, 0.3) is 0 Å². The zero-order valence-corrected chi connectivity index (χ0v) is 18.7. The zero-order chi connectivity index (χ0) is 22.0. The summed E-state index contributed by atoms with van der Waals surface area (Å²) in [7, 11) is -4.36. The first-order valence-corrected chi connectivity index (χ1v) is 12.0. The highest BCUT2D eigenvalue weighted by Gasteiger charge is 2.23. The van der Waals surface area contributed by atoms with Crippen molar-refractivity contribution in [2.45, 2.75) is 84.2 Å². The molecule has 2 atom stereocenters. The van der Waals surface area contributed by atoms with Gasteiger partial charge in [0.05, 0.1) is 13.2 Å². The third-order valence-corrected chi connectivity index (χ3v) is 5.02. The second-order valence-electron chi connectivity index (χ2n) is 6.91. The zero-order valence-electron chi connectivity index (χ0n) is 17.8. The molecule has 172 valence electrons. The Morgan fingerprint density at radius 2 is 1.55 bits per heavy atom. The summed E-state index contributed by atoms with van der Waals surface area (Å²) in [5.41, 5.74) is 0. The van der Waals surface area contributed by atoms with E-state index in [2.05, 4.69) is 16.8 Å². The summed E-state index contributed by atoms with van der Waals surface area (Å²) < 4.78 is 26.0. The Balaban J connectivity index is 3.77. The van der Waals surface area contributed by atoms with Gasteiger partial charge < -0.3 is 20.1 Å². The van der Waals surface area contributed by atoms with Gasteiger partial charge in [-0.05, 0) is 12.8 Å². The lowest BCUT2D eigenvalue weighted by Gasteiger charge is -2.15. The van der Waals surface area contributed by atoms with Crippen LogP contribution in [0.5, 0.6) is 0 Å². The molecule has 0 rings (SSSR count). The quantitative estimate of drug-likeness (QED) is 0.159. The van der Waals surface area contributed by atoms with Crippen molar-refractivity contribution >= 4 is 19.7 Å². The number of rotatable bonds is 19. The van der Waals surface area contributed by atoms with Crippen molar-refractivity contribution in [1.29, 1.82) is 0 Å². The van der Waals surface area contributed by atoms with Crippen LogP contribution in [0.4, 0.5) is 0 Å². The van der Waals surface area contributed by atoms with Gasteiger partial charge in [-0.1, -0.05) is 52.4 Å². The average Bonchev–Trinajstić information content (AvgIpc) is 2.68. The Morgan fingerprint density at radius 3 is 2.24 bits per heavy atom. The smallest absolute Gasteiger partial charge is 0.463 e. The molecular formula is C19H38NO8P. The SMILES string of the molecule is CCCCCCCC(=O)NCCOP(=O)(O)OCC(O)COC(=O)CCCCC. The monoisotopic (exact) mass is 439 g/mol. The van der Waals surface area contributed by atoms with Crippen LogP contribution in [0.2, 0.25) is 0 Å². The molecule has 2 unspecified atom stereocenters. The molecule has 0 radical (unpaired) electrons. The second-order valence-corrected chi connectivity index (χ2v) is 8.36. The van der Waals surface area contributed by atoms with Gasteiger partial charge in [0.1, 0.15) is 12.7 Å². The normalized spacial score (nSPS) is 14.2. The fraction of sp³-hybridized carbons (Fsp3) is 0.895. The molecular weight excluding hydrogens is 401 g/mol. The number of unbranched alkanes of at least 4 members (excludes halogenated alkanes) is 6. The summed E-state index contributed by atoms with van der Waals surface area (Å²) in [4.78, 5) is 32.6. The van der Waals surface area contributed by atoms with E-state index in [1.165, 1.54) is 0 Å². The van der Waals surface area contributed by atoms with E-state index in [1.807, 2.05) is 6.92 Å². The summed E-state index contributed by atoms with van der Waals surface area (Å²) >= 11 is 0. The Labute approximate surface area is 174 Å². The van der Waals surface area contributed by atoms with Crippen molar-refractivity contribution in [1.82, 2.24) is 5.32 Å². The van der Waals surface area contributed by atoms with Crippen molar-refractivity contribution in [3.05, 3.63) is 0 Å². The maximum atomic E-state index is 11.7. The molecule has 1 amide bonds. The lowest BCUT2D eigenvalue weighted by atomic mass is 10.1. The standard InChI is InChI=1S/C19H38NO8P/c1-3-5-7-8-10-11-18(22)20-13-14-27-29(24,25)28-16-17(21)15-26-19(23)12-9-6-4-2/h17,21H,3-16H2,1-2H3,(H,20,22)(H,24,25). The van der Waals surface area contributed by atoms with E-state index in [4.69, 9.17) is 9.26 Å². The second kappa shape index (κ2) is 17.8. The first-order chi connectivity index (χ1) is 13.8. The number of aliphatic hydroxyl groups excluding tert-OH is 1. The largest absolute Gasteiger partial charge is 0.472 e. The van der Waals surface area contributed by atoms with Crippen LogP contribution in [0.1, 0.15) is 78.1 Å². The molecule has 0 aromatic carbocycles. The Kier molecular flexibility index (Phi) is 17.2. The fourth-order valence-electron chi connectivity index (χ4n) is 2.38. The maximum Gasteiger partial charge on any atom is 0.472 e. The highest BCUT2D eigenvalue weighted by Crippen LogP contribution is 2.42. The minimum absolute atomic E-state index is 0.0830. The summed E-state index contributed by atoms with van der Waals surface area (Å²) in [6, 6.07) is 0. The van der Waals surface area contributed by atoms with Crippen molar-refractivity contribution < 1.29 is 37.9 Å². The van der Waals surface area contributed by atoms with Crippen molar-refractivity contribution in [2.24, 2.45) is 0 Å². The average molecular weight is 439 g/mol.